The third kappa shape index (κ3) is 3.89. The number of hydrogen-bond acceptors (Lipinski definition) is 4. The molecule has 1 heterocycles. The van der Waals surface area contributed by atoms with Crippen LogP contribution in [0, 0.1) is 12.3 Å². The Balaban J connectivity index is 1.86. The molecule has 5 heteroatoms. The first-order valence-corrected chi connectivity index (χ1v) is 7.11. The number of terminal acetylenes is 1. The molecule has 1 aliphatic heterocycles. The van der Waals surface area contributed by atoms with E-state index in [1.807, 2.05) is 19.1 Å². The van der Waals surface area contributed by atoms with Gasteiger partial charge in [-0.3, -0.25) is 9.69 Å². The van der Waals surface area contributed by atoms with Gasteiger partial charge in [-0.05, 0) is 31.2 Å². The number of carbonyl (C=O) groups excluding carboxylic acids is 1. The van der Waals surface area contributed by atoms with Crippen molar-refractivity contribution in [3.63, 3.8) is 0 Å². The van der Waals surface area contributed by atoms with Crippen molar-refractivity contribution >= 4 is 11.6 Å². The molecular formula is C16H21N3O2. The molecule has 1 amide bonds. The van der Waals surface area contributed by atoms with Crippen LogP contribution in [0.3, 0.4) is 0 Å². The third-order valence-electron chi connectivity index (χ3n) is 3.82. The van der Waals surface area contributed by atoms with Gasteiger partial charge >= 0.3 is 0 Å². The van der Waals surface area contributed by atoms with E-state index in [1.54, 1.807) is 12.1 Å². The standard InChI is InChI=1S/C16H21N3O2/c1-3-8-17-16(21)13(2)18-9-11-19(12-10-18)14-4-6-15(20)7-5-14/h1,4-7,13,20H,8-12H2,2H3,(H,17,21). The summed E-state index contributed by atoms with van der Waals surface area (Å²) in [4.78, 5) is 16.3. The predicted octanol–water partition coefficient (Wildman–Crippen LogP) is 0.652. The highest BCUT2D eigenvalue weighted by atomic mass is 16.3. The molecule has 2 N–H and O–H groups in total. The number of phenols is 1. The fourth-order valence-corrected chi connectivity index (χ4v) is 2.48. The number of benzene rings is 1. The summed E-state index contributed by atoms with van der Waals surface area (Å²) in [6.07, 6.45) is 5.15. The number of amides is 1. The predicted molar refractivity (Wildman–Crippen MR) is 83.2 cm³/mol. The van der Waals surface area contributed by atoms with E-state index in [1.165, 1.54) is 0 Å². The molecule has 112 valence electrons. The minimum atomic E-state index is -0.166. The second-order valence-electron chi connectivity index (χ2n) is 5.14. The smallest absolute Gasteiger partial charge is 0.237 e. The van der Waals surface area contributed by atoms with Crippen molar-refractivity contribution in [2.45, 2.75) is 13.0 Å². The van der Waals surface area contributed by atoms with E-state index >= 15 is 0 Å². The van der Waals surface area contributed by atoms with Crippen LogP contribution in [0.15, 0.2) is 24.3 Å². The van der Waals surface area contributed by atoms with Crippen molar-refractivity contribution in [2.24, 2.45) is 0 Å². The highest BCUT2D eigenvalue weighted by molar-refractivity contribution is 5.81. The number of phenolic OH excluding ortho intramolecular Hbond substituents is 1. The summed E-state index contributed by atoms with van der Waals surface area (Å²) in [6, 6.07) is 7.04. The normalized spacial score (nSPS) is 17.0. The van der Waals surface area contributed by atoms with Gasteiger partial charge in [-0.15, -0.1) is 6.42 Å². The summed E-state index contributed by atoms with van der Waals surface area (Å²) in [6.45, 7) is 5.55. The van der Waals surface area contributed by atoms with Crippen LogP contribution in [0.5, 0.6) is 5.75 Å². The topological polar surface area (TPSA) is 55.8 Å². The van der Waals surface area contributed by atoms with Gasteiger partial charge in [-0.2, -0.15) is 0 Å². The molecule has 1 atom stereocenters. The molecule has 1 aliphatic rings. The summed E-state index contributed by atoms with van der Waals surface area (Å²) in [5, 5.41) is 12.0. The van der Waals surface area contributed by atoms with Crippen LogP contribution in [0.4, 0.5) is 5.69 Å². The lowest BCUT2D eigenvalue weighted by atomic mass is 10.2. The highest BCUT2D eigenvalue weighted by Gasteiger charge is 2.25. The molecule has 0 bridgehead atoms. The van der Waals surface area contributed by atoms with E-state index in [4.69, 9.17) is 6.42 Å². The van der Waals surface area contributed by atoms with E-state index in [0.717, 1.165) is 31.9 Å². The Bertz CT molecular complexity index is 513. The Hall–Kier alpha value is -2.19. The Morgan fingerprint density at radius 3 is 2.52 bits per heavy atom. The number of rotatable bonds is 4. The summed E-state index contributed by atoms with van der Waals surface area (Å²) >= 11 is 0. The van der Waals surface area contributed by atoms with Gasteiger partial charge in [-0.25, -0.2) is 0 Å². The molecule has 1 aromatic carbocycles. The van der Waals surface area contributed by atoms with Gasteiger partial charge in [0, 0.05) is 31.9 Å². The summed E-state index contributed by atoms with van der Waals surface area (Å²) in [5.41, 5.74) is 1.09. The summed E-state index contributed by atoms with van der Waals surface area (Å²) < 4.78 is 0. The first-order valence-electron chi connectivity index (χ1n) is 7.11. The van der Waals surface area contributed by atoms with Crippen LogP contribution in [-0.2, 0) is 4.79 Å². The zero-order valence-corrected chi connectivity index (χ0v) is 12.2. The second-order valence-corrected chi connectivity index (χ2v) is 5.14. The molecular weight excluding hydrogens is 266 g/mol. The van der Waals surface area contributed by atoms with Gasteiger partial charge < -0.3 is 15.3 Å². The van der Waals surface area contributed by atoms with Crippen molar-refractivity contribution in [2.75, 3.05) is 37.6 Å². The van der Waals surface area contributed by atoms with Crippen LogP contribution in [0.25, 0.3) is 0 Å². The van der Waals surface area contributed by atoms with Crippen LogP contribution >= 0.6 is 0 Å². The van der Waals surface area contributed by atoms with E-state index in [9.17, 15) is 9.90 Å². The first-order chi connectivity index (χ1) is 10.1. The van der Waals surface area contributed by atoms with E-state index < -0.39 is 0 Å². The second kappa shape index (κ2) is 7.00. The summed E-state index contributed by atoms with van der Waals surface area (Å²) in [5.74, 6) is 2.66. The van der Waals surface area contributed by atoms with E-state index in [2.05, 4.69) is 21.0 Å². The zero-order chi connectivity index (χ0) is 15.2. The molecule has 0 saturated carbocycles. The highest BCUT2D eigenvalue weighted by Crippen LogP contribution is 2.20. The van der Waals surface area contributed by atoms with Gasteiger partial charge in [0.25, 0.3) is 0 Å². The zero-order valence-electron chi connectivity index (χ0n) is 12.2. The molecule has 5 nitrogen and oxygen atoms in total. The molecule has 21 heavy (non-hydrogen) atoms. The number of piperazine rings is 1. The van der Waals surface area contributed by atoms with Crippen LogP contribution < -0.4 is 10.2 Å². The van der Waals surface area contributed by atoms with Crippen LogP contribution in [-0.4, -0.2) is 54.7 Å². The van der Waals surface area contributed by atoms with Gasteiger partial charge in [0.2, 0.25) is 5.91 Å². The molecule has 0 aliphatic carbocycles. The molecule has 1 fully saturated rings. The SMILES string of the molecule is C#CCNC(=O)C(C)N1CCN(c2ccc(O)cc2)CC1. The average Bonchev–Trinajstić information content (AvgIpc) is 2.53. The van der Waals surface area contributed by atoms with Crippen molar-refractivity contribution in [3.8, 4) is 18.1 Å². The molecule has 1 aromatic rings. The maximum atomic E-state index is 11.9. The monoisotopic (exact) mass is 287 g/mol. The average molecular weight is 287 g/mol. The lowest BCUT2D eigenvalue weighted by Crippen LogP contribution is -2.54. The van der Waals surface area contributed by atoms with E-state index in [-0.39, 0.29) is 24.2 Å². The Kier molecular flexibility index (Phi) is 5.07. The number of anilines is 1. The number of hydrogen-bond donors (Lipinski definition) is 2. The van der Waals surface area contributed by atoms with Crippen molar-refractivity contribution < 1.29 is 9.90 Å². The van der Waals surface area contributed by atoms with Crippen molar-refractivity contribution in [3.05, 3.63) is 24.3 Å². The van der Waals surface area contributed by atoms with Gasteiger partial charge in [0.15, 0.2) is 0 Å². The fraction of sp³-hybridized carbons (Fsp3) is 0.438. The molecule has 1 unspecified atom stereocenters. The largest absolute Gasteiger partial charge is 0.508 e. The van der Waals surface area contributed by atoms with Gasteiger partial charge in [-0.1, -0.05) is 5.92 Å². The molecule has 0 spiro atoms. The fourth-order valence-electron chi connectivity index (χ4n) is 2.48. The van der Waals surface area contributed by atoms with Gasteiger partial charge in [0.1, 0.15) is 5.75 Å². The lowest BCUT2D eigenvalue weighted by molar-refractivity contribution is -0.125. The molecule has 2 rings (SSSR count). The maximum absolute atomic E-state index is 11.9. The minimum Gasteiger partial charge on any atom is -0.508 e. The quantitative estimate of drug-likeness (QED) is 0.799. The Morgan fingerprint density at radius 2 is 1.95 bits per heavy atom. The van der Waals surface area contributed by atoms with Crippen molar-refractivity contribution in [1.29, 1.82) is 0 Å². The minimum absolute atomic E-state index is 0.0222. The number of nitrogens with one attached hydrogen (secondary N) is 1. The van der Waals surface area contributed by atoms with E-state index in [0.29, 0.717) is 0 Å². The lowest BCUT2D eigenvalue weighted by Gasteiger charge is -2.38. The van der Waals surface area contributed by atoms with Crippen molar-refractivity contribution in [1.82, 2.24) is 10.2 Å². The molecule has 0 radical (unpaired) electrons. The Labute approximate surface area is 125 Å². The molecule has 1 saturated heterocycles. The number of aromatic hydroxyl groups is 1. The number of carbonyl (C=O) groups is 1. The Morgan fingerprint density at radius 1 is 1.33 bits per heavy atom. The molecule has 0 aromatic heterocycles. The third-order valence-corrected chi connectivity index (χ3v) is 3.82. The first kappa shape index (κ1) is 15.2. The van der Waals surface area contributed by atoms with Crippen LogP contribution in [0.2, 0.25) is 0 Å². The van der Waals surface area contributed by atoms with Gasteiger partial charge in [0.05, 0.1) is 12.6 Å². The summed E-state index contributed by atoms with van der Waals surface area (Å²) in [7, 11) is 0. The number of nitrogens with zero attached hydrogens (tertiary/aromatic N) is 2. The van der Waals surface area contributed by atoms with Crippen LogP contribution in [0.1, 0.15) is 6.92 Å². The maximum Gasteiger partial charge on any atom is 0.237 e.